The minimum atomic E-state index is 0.850. The lowest BCUT2D eigenvalue weighted by Gasteiger charge is -2.20. The van der Waals surface area contributed by atoms with E-state index < -0.39 is 0 Å². The lowest BCUT2D eigenvalue weighted by molar-refractivity contribution is 0.722. The van der Waals surface area contributed by atoms with Crippen molar-refractivity contribution in [3.05, 3.63) is 35.5 Å². The summed E-state index contributed by atoms with van der Waals surface area (Å²) in [5.41, 5.74) is 3.64. The van der Waals surface area contributed by atoms with Gasteiger partial charge >= 0.3 is 0 Å². The third-order valence-electron chi connectivity index (χ3n) is 2.91. The normalized spacial score (nSPS) is 10.5. The molecule has 0 amide bonds. The van der Waals surface area contributed by atoms with E-state index in [1.807, 2.05) is 6.92 Å². The Hall–Kier alpha value is -1.35. The summed E-state index contributed by atoms with van der Waals surface area (Å²) in [4.78, 5) is 6.90. The Morgan fingerprint density at radius 3 is 2.68 bits per heavy atom. The van der Waals surface area contributed by atoms with Gasteiger partial charge in [-0.25, -0.2) is 4.98 Å². The van der Waals surface area contributed by atoms with E-state index in [0.29, 0.717) is 0 Å². The molecule has 0 atom stereocenters. The van der Waals surface area contributed by atoms with Crippen LogP contribution in [0.5, 0.6) is 0 Å². The number of anilines is 1. The van der Waals surface area contributed by atoms with Crippen LogP contribution in [0.2, 0.25) is 0 Å². The van der Waals surface area contributed by atoms with Gasteiger partial charge in [-0.2, -0.15) is 0 Å². The average molecular weight is 261 g/mol. The molecule has 3 nitrogen and oxygen atoms in total. The van der Waals surface area contributed by atoms with E-state index in [1.54, 1.807) is 0 Å². The zero-order chi connectivity index (χ0) is 14.3. The largest absolute Gasteiger partial charge is 0.356 e. The number of pyridine rings is 1. The van der Waals surface area contributed by atoms with Crippen LogP contribution in [-0.4, -0.2) is 25.1 Å². The summed E-state index contributed by atoms with van der Waals surface area (Å²) >= 11 is 0. The quantitative estimate of drug-likeness (QED) is 0.729. The maximum Gasteiger partial charge on any atom is 0.129 e. The first kappa shape index (κ1) is 15.7. The van der Waals surface area contributed by atoms with E-state index in [2.05, 4.69) is 49.8 Å². The molecule has 0 aliphatic heterocycles. The summed E-state index contributed by atoms with van der Waals surface area (Å²) in [6.45, 7) is 13.1. The second kappa shape index (κ2) is 7.95. The van der Waals surface area contributed by atoms with Crippen molar-refractivity contribution in [3.63, 3.8) is 0 Å². The summed E-state index contributed by atoms with van der Waals surface area (Å²) in [5, 5.41) is 3.38. The average Bonchev–Trinajstić information content (AvgIpc) is 2.35. The summed E-state index contributed by atoms with van der Waals surface area (Å²) in [6, 6.07) is 4.38. The Labute approximate surface area is 117 Å². The zero-order valence-corrected chi connectivity index (χ0v) is 12.8. The number of hydrogen-bond donors (Lipinski definition) is 1. The number of nitrogens with one attached hydrogen (secondary N) is 1. The van der Waals surface area contributed by atoms with Gasteiger partial charge in [0.15, 0.2) is 0 Å². The predicted octanol–water partition coefficient (Wildman–Crippen LogP) is 3.16. The Morgan fingerprint density at radius 1 is 1.37 bits per heavy atom. The Kier molecular flexibility index (Phi) is 6.57. The van der Waals surface area contributed by atoms with Gasteiger partial charge in [0.05, 0.1) is 0 Å². The van der Waals surface area contributed by atoms with Gasteiger partial charge in [0.1, 0.15) is 5.82 Å². The minimum Gasteiger partial charge on any atom is -0.356 e. The van der Waals surface area contributed by atoms with Crippen molar-refractivity contribution in [2.75, 3.05) is 25.0 Å². The molecule has 0 radical (unpaired) electrons. The number of rotatable bonds is 8. The van der Waals surface area contributed by atoms with E-state index in [1.165, 1.54) is 11.3 Å². The highest BCUT2D eigenvalue weighted by Gasteiger charge is 2.07. The molecule has 106 valence electrons. The number of nitrogens with zero attached hydrogens (tertiary/aromatic N) is 2. The molecule has 0 spiro atoms. The van der Waals surface area contributed by atoms with E-state index in [4.69, 9.17) is 4.98 Å². The highest BCUT2D eigenvalue weighted by molar-refractivity contribution is 5.43. The van der Waals surface area contributed by atoms with Crippen molar-refractivity contribution >= 4 is 5.82 Å². The second-order valence-corrected chi connectivity index (χ2v) is 5.17. The molecule has 0 fully saturated rings. The molecular formula is C16H27N3. The number of likely N-dealkylation sites (N-methyl/N-ethyl adjacent to an activating group) is 1. The van der Waals surface area contributed by atoms with E-state index in [9.17, 15) is 0 Å². The van der Waals surface area contributed by atoms with E-state index in [-0.39, 0.29) is 0 Å². The first-order valence-electron chi connectivity index (χ1n) is 7.12. The van der Waals surface area contributed by atoms with E-state index in [0.717, 1.165) is 43.9 Å². The van der Waals surface area contributed by atoms with Crippen LogP contribution in [0.3, 0.4) is 0 Å². The molecule has 0 saturated carbocycles. The Balaban J connectivity index is 2.94. The fourth-order valence-corrected chi connectivity index (χ4v) is 2.07. The van der Waals surface area contributed by atoms with Crippen LogP contribution in [0.25, 0.3) is 0 Å². The standard InChI is InChI=1S/C16H27N3/c1-6-8-15-9-14(11-17-7-2)10-16(18-15)19(5)12-13(3)4/h9-10,17H,3,6-8,11-12H2,1-2,4-5H3. The fourth-order valence-electron chi connectivity index (χ4n) is 2.07. The summed E-state index contributed by atoms with van der Waals surface area (Å²) in [5.74, 6) is 1.04. The number of hydrogen-bond acceptors (Lipinski definition) is 3. The maximum atomic E-state index is 4.74. The topological polar surface area (TPSA) is 28.2 Å². The fraction of sp³-hybridized carbons (Fsp3) is 0.562. The second-order valence-electron chi connectivity index (χ2n) is 5.17. The van der Waals surface area contributed by atoms with Crippen LogP contribution in [0, 0.1) is 0 Å². The summed E-state index contributed by atoms with van der Waals surface area (Å²) in [7, 11) is 2.07. The van der Waals surface area contributed by atoms with Gasteiger partial charge in [-0.3, -0.25) is 0 Å². The van der Waals surface area contributed by atoms with Gasteiger partial charge in [0.25, 0.3) is 0 Å². The van der Waals surface area contributed by atoms with Crippen molar-refractivity contribution in [2.24, 2.45) is 0 Å². The molecular weight excluding hydrogens is 234 g/mol. The molecule has 0 aliphatic rings. The van der Waals surface area contributed by atoms with Gasteiger partial charge in [0.2, 0.25) is 0 Å². The van der Waals surface area contributed by atoms with Crippen LogP contribution < -0.4 is 10.2 Å². The lowest BCUT2D eigenvalue weighted by Crippen LogP contribution is -2.21. The molecule has 1 aromatic heterocycles. The van der Waals surface area contributed by atoms with Crippen LogP contribution in [0.15, 0.2) is 24.3 Å². The molecule has 1 aromatic rings. The number of aromatic nitrogens is 1. The van der Waals surface area contributed by atoms with Crippen LogP contribution in [-0.2, 0) is 13.0 Å². The molecule has 0 saturated heterocycles. The van der Waals surface area contributed by atoms with Crippen LogP contribution >= 0.6 is 0 Å². The van der Waals surface area contributed by atoms with Crippen molar-refractivity contribution in [3.8, 4) is 0 Å². The van der Waals surface area contributed by atoms with E-state index >= 15 is 0 Å². The molecule has 1 rings (SSSR count). The molecule has 0 unspecified atom stereocenters. The monoisotopic (exact) mass is 261 g/mol. The minimum absolute atomic E-state index is 0.850. The summed E-state index contributed by atoms with van der Waals surface area (Å²) in [6.07, 6.45) is 2.16. The predicted molar refractivity (Wildman–Crippen MR) is 83.7 cm³/mol. The third kappa shape index (κ3) is 5.43. The van der Waals surface area contributed by atoms with Gasteiger partial charge in [0, 0.05) is 25.8 Å². The Bertz CT molecular complexity index is 412. The first-order chi connectivity index (χ1) is 9.06. The van der Waals surface area contributed by atoms with Gasteiger partial charge in [-0.05, 0) is 37.6 Å². The zero-order valence-electron chi connectivity index (χ0n) is 12.8. The lowest BCUT2D eigenvalue weighted by atomic mass is 10.1. The molecule has 0 bridgehead atoms. The van der Waals surface area contributed by atoms with Gasteiger partial charge in [-0.1, -0.05) is 32.4 Å². The van der Waals surface area contributed by atoms with Crippen LogP contribution in [0.1, 0.15) is 38.4 Å². The highest BCUT2D eigenvalue weighted by atomic mass is 15.2. The Morgan fingerprint density at radius 2 is 2.11 bits per heavy atom. The third-order valence-corrected chi connectivity index (χ3v) is 2.91. The molecule has 0 aliphatic carbocycles. The SMILES string of the molecule is C=C(C)CN(C)c1cc(CNCC)cc(CCC)n1. The van der Waals surface area contributed by atoms with Gasteiger partial charge in [-0.15, -0.1) is 0 Å². The summed E-state index contributed by atoms with van der Waals surface area (Å²) < 4.78 is 0. The van der Waals surface area contributed by atoms with Gasteiger partial charge < -0.3 is 10.2 Å². The van der Waals surface area contributed by atoms with Crippen molar-refractivity contribution in [2.45, 2.75) is 40.2 Å². The van der Waals surface area contributed by atoms with Crippen molar-refractivity contribution < 1.29 is 0 Å². The molecule has 19 heavy (non-hydrogen) atoms. The highest BCUT2D eigenvalue weighted by Crippen LogP contribution is 2.16. The molecule has 1 N–H and O–H groups in total. The van der Waals surface area contributed by atoms with Crippen LogP contribution in [0.4, 0.5) is 5.82 Å². The maximum absolute atomic E-state index is 4.74. The van der Waals surface area contributed by atoms with Crippen molar-refractivity contribution in [1.29, 1.82) is 0 Å². The molecule has 0 aromatic carbocycles. The van der Waals surface area contributed by atoms with Crippen molar-refractivity contribution in [1.82, 2.24) is 10.3 Å². The molecule has 3 heteroatoms. The first-order valence-corrected chi connectivity index (χ1v) is 7.12. The number of aryl methyl sites for hydroxylation is 1. The molecule has 1 heterocycles. The smallest absolute Gasteiger partial charge is 0.129 e.